The van der Waals surface area contributed by atoms with Gasteiger partial charge in [0.15, 0.2) is 0 Å². The third-order valence-electron chi connectivity index (χ3n) is 5.77. The first-order valence-corrected chi connectivity index (χ1v) is 11.0. The van der Waals surface area contributed by atoms with Crippen LogP contribution in [0.5, 0.6) is 0 Å². The zero-order chi connectivity index (χ0) is 23.2. The molecule has 1 aliphatic heterocycles. The van der Waals surface area contributed by atoms with Crippen LogP contribution in [0, 0.1) is 0 Å². The van der Waals surface area contributed by atoms with E-state index >= 15 is 0 Å². The number of aliphatic imine (C=N–C) groups is 1. The predicted octanol–water partition coefficient (Wildman–Crippen LogP) is 4.04. The number of amidine groups is 1. The molecule has 0 saturated carbocycles. The molecule has 0 radical (unpaired) electrons. The lowest BCUT2D eigenvalue weighted by molar-refractivity contribution is 0.0642. The second-order valence-electron chi connectivity index (χ2n) is 8.02. The maximum atomic E-state index is 12.6. The van der Waals surface area contributed by atoms with E-state index in [-0.39, 0.29) is 30.8 Å². The summed E-state index contributed by atoms with van der Waals surface area (Å²) in [4.78, 5) is 30.7. The minimum absolute atomic E-state index is 0. The number of nitrogens with two attached hydrogens (primary N) is 1. The average molecular weight is 478 g/mol. The van der Waals surface area contributed by atoms with E-state index in [1.54, 1.807) is 31.4 Å². The van der Waals surface area contributed by atoms with Gasteiger partial charge in [-0.2, -0.15) is 0 Å². The molecular weight excluding hydrogens is 450 g/mol. The Bertz CT molecular complexity index is 1140. The van der Waals surface area contributed by atoms with Gasteiger partial charge in [0.05, 0.1) is 30.8 Å². The molecule has 34 heavy (non-hydrogen) atoms. The lowest BCUT2D eigenvalue weighted by atomic mass is 10.0. The number of amides is 2. The Morgan fingerprint density at radius 2 is 1.32 bits per heavy atom. The fourth-order valence-electron chi connectivity index (χ4n) is 3.86. The molecule has 1 heterocycles. The molecule has 4 rings (SSSR count). The molecule has 2 amide bonds. The summed E-state index contributed by atoms with van der Waals surface area (Å²) in [6.07, 6.45) is 1.79. The number of imide groups is 1. The van der Waals surface area contributed by atoms with Gasteiger partial charge in [-0.25, -0.2) is 0 Å². The first kappa shape index (κ1) is 25.1. The van der Waals surface area contributed by atoms with Crippen LogP contribution in [0.2, 0.25) is 0 Å². The third kappa shape index (κ3) is 5.71. The highest BCUT2D eigenvalue weighted by Crippen LogP contribution is 2.24. The Morgan fingerprint density at radius 1 is 0.824 bits per heavy atom. The monoisotopic (exact) mass is 477 g/mol. The molecule has 176 valence electrons. The molecule has 3 aromatic carbocycles. The maximum Gasteiger partial charge on any atom is 0.261 e. The van der Waals surface area contributed by atoms with Crippen molar-refractivity contribution < 1.29 is 14.3 Å². The van der Waals surface area contributed by atoms with E-state index in [9.17, 15) is 9.59 Å². The zero-order valence-electron chi connectivity index (χ0n) is 19.1. The van der Waals surface area contributed by atoms with Crippen LogP contribution in [0.3, 0.4) is 0 Å². The molecule has 6 nitrogen and oxygen atoms in total. The zero-order valence-corrected chi connectivity index (χ0v) is 19.9. The van der Waals surface area contributed by atoms with E-state index in [0.717, 1.165) is 24.0 Å². The largest absolute Gasteiger partial charge is 0.384 e. The Balaban J connectivity index is 0.00000324. The van der Waals surface area contributed by atoms with Gasteiger partial charge in [-0.05, 0) is 41.7 Å². The summed E-state index contributed by atoms with van der Waals surface area (Å²) in [6.45, 7) is 1.38. The second kappa shape index (κ2) is 11.6. The van der Waals surface area contributed by atoms with Gasteiger partial charge in [-0.15, -0.1) is 12.4 Å². The third-order valence-corrected chi connectivity index (χ3v) is 5.77. The van der Waals surface area contributed by atoms with Crippen LogP contribution in [0.1, 0.15) is 43.0 Å². The highest BCUT2D eigenvalue weighted by Gasteiger charge is 2.34. The Labute approximate surface area is 205 Å². The van der Waals surface area contributed by atoms with Crippen LogP contribution in [-0.4, -0.2) is 42.8 Å². The average Bonchev–Trinajstić information content (AvgIpc) is 3.09. The van der Waals surface area contributed by atoms with Crippen molar-refractivity contribution in [1.82, 2.24) is 4.90 Å². The van der Waals surface area contributed by atoms with Gasteiger partial charge in [-0.1, -0.05) is 60.7 Å². The van der Waals surface area contributed by atoms with E-state index in [0.29, 0.717) is 30.1 Å². The molecule has 0 fully saturated rings. The minimum Gasteiger partial charge on any atom is -0.384 e. The number of rotatable bonds is 9. The fourth-order valence-corrected chi connectivity index (χ4v) is 3.86. The first-order valence-electron chi connectivity index (χ1n) is 11.0. The van der Waals surface area contributed by atoms with Crippen molar-refractivity contribution >= 4 is 30.1 Å². The molecule has 0 unspecified atom stereocenters. The smallest absolute Gasteiger partial charge is 0.261 e. The van der Waals surface area contributed by atoms with E-state index in [2.05, 4.69) is 29.3 Å². The Morgan fingerprint density at radius 3 is 1.85 bits per heavy atom. The van der Waals surface area contributed by atoms with Gasteiger partial charge in [0.1, 0.15) is 5.84 Å². The van der Waals surface area contributed by atoms with Crippen LogP contribution in [0.25, 0.3) is 0 Å². The van der Waals surface area contributed by atoms with Crippen molar-refractivity contribution in [2.24, 2.45) is 10.7 Å². The van der Waals surface area contributed by atoms with Crippen LogP contribution in [0.15, 0.2) is 77.8 Å². The number of halogens is 1. The summed E-state index contributed by atoms with van der Waals surface area (Å²) in [6, 6.07) is 23.2. The van der Waals surface area contributed by atoms with Crippen molar-refractivity contribution in [3.63, 3.8) is 0 Å². The van der Waals surface area contributed by atoms with E-state index in [4.69, 9.17) is 10.5 Å². The Hall–Kier alpha value is -3.48. The standard InChI is InChI=1S/C27H27N3O3.ClH/c1-33-17-16-29-25(28)22-14-12-20(13-15-22)7-6-19-8-10-21(11-9-19)18-30-26(31)23-4-2-3-5-24(23)27(30)32;/h2-5,8-15H,6-7,16-18H2,1H3,(H2,28,29);1H. The molecule has 7 heteroatoms. The molecule has 0 atom stereocenters. The summed E-state index contributed by atoms with van der Waals surface area (Å²) >= 11 is 0. The second-order valence-corrected chi connectivity index (χ2v) is 8.02. The number of carbonyl (C=O) groups is 2. The normalized spacial score (nSPS) is 13.1. The topological polar surface area (TPSA) is 85.0 Å². The van der Waals surface area contributed by atoms with Gasteiger partial charge in [-0.3, -0.25) is 19.5 Å². The number of ether oxygens (including phenoxy) is 1. The summed E-state index contributed by atoms with van der Waals surface area (Å²) in [5.74, 6) is 0.0623. The lowest BCUT2D eigenvalue weighted by Gasteiger charge is -2.14. The number of nitrogens with zero attached hydrogens (tertiary/aromatic N) is 2. The van der Waals surface area contributed by atoms with Gasteiger partial charge in [0.2, 0.25) is 0 Å². The number of benzene rings is 3. The maximum absolute atomic E-state index is 12.6. The summed E-state index contributed by atoms with van der Waals surface area (Å²) in [7, 11) is 1.64. The van der Waals surface area contributed by atoms with Gasteiger partial charge in [0.25, 0.3) is 11.8 Å². The number of aryl methyl sites for hydroxylation is 2. The van der Waals surface area contributed by atoms with Crippen molar-refractivity contribution in [2.45, 2.75) is 19.4 Å². The molecule has 0 aromatic heterocycles. The summed E-state index contributed by atoms with van der Waals surface area (Å²) in [5.41, 5.74) is 11.2. The van der Waals surface area contributed by atoms with Gasteiger partial charge >= 0.3 is 0 Å². The van der Waals surface area contributed by atoms with E-state index < -0.39 is 0 Å². The van der Waals surface area contributed by atoms with Crippen LogP contribution in [0.4, 0.5) is 0 Å². The van der Waals surface area contributed by atoms with Crippen molar-refractivity contribution in [3.8, 4) is 0 Å². The van der Waals surface area contributed by atoms with E-state index in [1.165, 1.54) is 16.0 Å². The lowest BCUT2D eigenvalue weighted by Crippen LogP contribution is -2.29. The molecule has 0 saturated heterocycles. The molecule has 2 N–H and O–H groups in total. The van der Waals surface area contributed by atoms with E-state index in [1.807, 2.05) is 24.3 Å². The molecule has 1 aliphatic rings. The number of fused-ring (bicyclic) bond motifs is 1. The van der Waals surface area contributed by atoms with Crippen LogP contribution in [-0.2, 0) is 24.1 Å². The number of carbonyl (C=O) groups excluding carboxylic acids is 2. The van der Waals surface area contributed by atoms with Crippen molar-refractivity contribution in [1.29, 1.82) is 0 Å². The highest BCUT2D eigenvalue weighted by molar-refractivity contribution is 6.21. The minimum atomic E-state index is -0.229. The highest BCUT2D eigenvalue weighted by atomic mass is 35.5. The Kier molecular flexibility index (Phi) is 8.57. The summed E-state index contributed by atoms with van der Waals surface area (Å²) < 4.78 is 4.99. The molecule has 0 bridgehead atoms. The van der Waals surface area contributed by atoms with Gasteiger partial charge in [0, 0.05) is 12.7 Å². The molecule has 0 aliphatic carbocycles. The number of methoxy groups -OCH3 is 1. The molecule has 3 aromatic rings. The van der Waals surface area contributed by atoms with Crippen LogP contribution < -0.4 is 5.73 Å². The van der Waals surface area contributed by atoms with Crippen molar-refractivity contribution in [3.05, 3.63) is 106 Å². The quantitative estimate of drug-likeness (QED) is 0.218. The molecule has 0 spiro atoms. The van der Waals surface area contributed by atoms with Gasteiger partial charge < -0.3 is 10.5 Å². The summed E-state index contributed by atoms with van der Waals surface area (Å²) in [5, 5.41) is 0. The number of hydrogen-bond acceptors (Lipinski definition) is 4. The SMILES string of the molecule is COCCN=C(N)c1ccc(CCc2ccc(CN3C(=O)c4ccccc4C3=O)cc2)cc1.Cl. The number of hydrogen-bond donors (Lipinski definition) is 1. The predicted molar refractivity (Wildman–Crippen MR) is 136 cm³/mol. The molecular formula is C27H28ClN3O3. The first-order chi connectivity index (χ1) is 16.1. The fraction of sp³-hybridized carbons (Fsp3) is 0.222. The van der Waals surface area contributed by atoms with Crippen molar-refractivity contribution in [2.75, 3.05) is 20.3 Å². The van der Waals surface area contributed by atoms with Crippen LogP contribution >= 0.6 is 12.4 Å².